The molecule has 1 amide bonds. The first-order valence-corrected chi connectivity index (χ1v) is 8.30. The summed E-state index contributed by atoms with van der Waals surface area (Å²) in [5.74, 6) is 1.07. The molecule has 132 valence electrons. The maximum atomic E-state index is 12.0. The molecule has 0 spiro atoms. The lowest BCUT2D eigenvalue weighted by molar-refractivity contribution is -0.116. The van der Waals surface area contributed by atoms with E-state index in [1.54, 1.807) is 67.0 Å². The van der Waals surface area contributed by atoms with Crippen LogP contribution in [0.2, 0.25) is 5.02 Å². The summed E-state index contributed by atoms with van der Waals surface area (Å²) in [5.41, 5.74) is 0.666. The molecule has 0 fully saturated rings. The molecule has 1 heterocycles. The fourth-order valence-corrected chi connectivity index (χ4v) is 2.27. The van der Waals surface area contributed by atoms with Gasteiger partial charge in [0.15, 0.2) is 0 Å². The molecule has 0 bridgehead atoms. The highest BCUT2D eigenvalue weighted by Gasteiger charge is 2.05. The van der Waals surface area contributed by atoms with E-state index in [0.29, 0.717) is 22.2 Å². The molecule has 0 radical (unpaired) electrons. The minimum atomic E-state index is -0.146. The van der Waals surface area contributed by atoms with Gasteiger partial charge in [0.1, 0.15) is 11.5 Å². The molecular formula is C19H16ClN3O3. The first-order chi connectivity index (χ1) is 12.7. The SMILES string of the molecule is O=C(CCOc1cccc(Cl)c1)Nc1ccc(Oc2ncccn2)cc1. The fourth-order valence-electron chi connectivity index (χ4n) is 2.09. The number of nitrogens with one attached hydrogen (secondary N) is 1. The van der Waals surface area contributed by atoms with Gasteiger partial charge in [-0.3, -0.25) is 4.79 Å². The van der Waals surface area contributed by atoms with E-state index in [4.69, 9.17) is 21.1 Å². The van der Waals surface area contributed by atoms with Gasteiger partial charge in [-0.15, -0.1) is 0 Å². The highest BCUT2D eigenvalue weighted by molar-refractivity contribution is 6.30. The summed E-state index contributed by atoms with van der Waals surface area (Å²) in [6.45, 7) is 0.263. The maximum absolute atomic E-state index is 12.0. The number of nitrogens with zero attached hydrogens (tertiary/aromatic N) is 2. The highest BCUT2D eigenvalue weighted by Crippen LogP contribution is 2.20. The number of amides is 1. The Morgan fingerprint density at radius 3 is 2.50 bits per heavy atom. The summed E-state index contributed by atoms with van der Waals surface area (Å²) in [4.78, 5) is 19.9. The van der Waals surface area contributed by atoms with Crippen molar-refractivity contribution in [2.45, 2.75) is 6.42 Å². The van der Waals surface area contributed by atoms with E-state index in [1.807, 2.05) is 0 Å². The van der Waals surface area contributed by atoms with Crippen LogP contribution in [-0.2, 0) is 4.79 Å². The van der Waals surface area contributed by atoms with Crippen molar-refractivity contribution in [3.8, 4) is 17.5 Å². The van der Waals surface area contributed by atoms with Crippen LogP contribution in [0.25, 0.3) is 0 Å². The highest BCUT2D eigenvalue weighted by atomic mass is 35.5. The average molecular weight is 370 g/mol. The maximum Gasteiger partial charge on any atom is 0.321 e. The van der Waals surface area contributed by atoms with Gasteiger partial charge in [-0.1, -0.05) is 17.7 Å². The summed E-state index contributed by atoms with van der Waals surface area (Å²) in [6, 6.07) is 16.0. The van der Waals surface area contributed by atoms with Gasteiger partial charge >= 0.3 is 6.01 Å². The molecule has 2 aromatic carbocycles. The molecule has 0 aliphatic rings. The van der Waals surface area contributed by atoms with Gasteiger partial charge in [0.2, 0.25) is 5.91 Å². The number of carbonyl (C=O) groups is 1. The zero-order valence-corrected chi connectivity index (χ0v) is 14.5. The van der Waals surface area contributed by atoms with Crippen molar-refractivity contribution in [3.05, 3.63) is 72.0 Å². The van der Waals surface area contributed by atoms with E-state index in [0.717, 1.165) is 0 Å². The summed E-state index contributed by atoms with van der Waals surface area (Å²) >= 11 is 5.88. The van der Waals surface area contributed by atoms with Crippen LogP contribution < -0.4 is 14.8 Å². The standard InChI is InChI=1S/C19H16ClN3O3/c20-14-3-1-4-17(13-14)25-12-9-18(24)23-15-5-7-16(8-6-15)26-19-21-10-2-11-22-19/h1-8,10-11,13H,9,12H2,(H,23,24). The van der Waals surface area contributed by atoms with Crippen LogP contribution in [0.1, 0.15) is 6.42 Å². The smallest absolute Gasteiger partial charge is 0.321 e. The lowest BCUT2D eigenvalue weighted by Crippen LogP contribution is -2.15. The Morgan fingerprint density at radius 1 is 1.00 bits per heavy atom. The molecule has 0 unspecified atom stereocenters. The minimum Gasteiger partial charge on any atom is -0.493 e. The van der Waals surface area contributed by atoms with E-state index in [1.165, 1.54) is 0 Å². The number of rotatable bonds is 7. The summed E-state index contributed by atoms with van der Waals surface area (Å²) < 4.78 is 11.0. The van der Waals surface area contributed by atoms with E-state index >= 15 is 0 Å². The van der Waals surface area contributed by atoms with Crippen LogP contribution in [0, 0.1) is 0 Å². The third-order valence-corrected chi connectivity index (χ3v) is 3.52. The second-order valence-electron chi connectivity index (χ2n) is 5.26. The summed E-state index contributed by atoms with van der Waals surface area (Å²) in [7, 11) is 0. The van der Waals surface area contributed by atoms with Crippen molar-refractivity contribution in [3.63, 3.8) is 0 Å². The summed E-state index contributed by atoms with van der Waals surface area (Å²) in [5, 5.41) is 3.39. The number of anilines is 1. The van der Waals surface area contributed by atoms with E-state index in [9.17, 15) is 4.79 Å². The monoisotopic (exact) mass is 369 g/mol. The van der Waals surface area contributed by atoms with E-state index in [-0.39, 0.29) is 24.9 Å². The van der Waals surface area contributed by atoms with Crippen molar-refractivity contribution in [2.24, 2.45) is 0 Å². The second-order valence-corrected chi connectivity index (χ2v) is 5.70. The number of ether oxygens (including phenoxy) is 2. The van der Waals surface area contributed by atoms with Crippen molar-refractivity contribution in [1.82, 2.24) is 9.97 Å². The molecule has 1 aromatic heterocycles. The zero-order chi connectivity index (χ0) is 18.2. The first kappa shape index (κ1) is 17.7. The Balaban J connectivity index is 1.45. The van der Waals surface area contributed by atoms with Gasteiger partial charge in [-0.25, -0.2) is 9.97 Å². The fraction of sp³-hybridized carbons (Fsp3) is 0.105. The Bertz CT molecular complexity index is 857. The predicted octanol–water partition coefficient (Wildman–Crippen LogP) is 4.33. The van der Waals surface area contributed by atoms with Gasteiger partial charge in [-0.05, 0) is 48.5 Å². The average Bonchev–Trinajstić information content (AvgIpc) is 2.64. The number of halogens is 1. The van der Waals surface area contributed by atoms with Crippen molar-refractivity contribution in [1.29, 1.82) is 0 Å². The largest absolute Gasteiger partial charge is 0.493 e. The van der Waals surface area contributed by atoms with Crippen LogP contribution in [0.4, 0.5) is 5.69 Å². The lowest BCUT2D eigenvalue weighted by atomic mass is 10.3. The van der Waals surface area contributed by atoms with Crippen LogP contribution in [0.15, 0.2) is 67.0 Å². The zero-order valence-electron chi connectivity index (χ0n) is 13.8. The third kappa shape index (κ3) is 5.46. The number of hydrogen-bond acceptors (Lipinski definition) is 5. The molecule has 0 atom stereocenters. The molecule has 3 rings (SSSR count). The molecule has 26 heavy (non-hydrogen) atoms. The van der Waals surface area contributed by atoms with E-state index in [2.05, 4.69) is 15.3 Å². The molecule has 0 saturated carbocycles. The molecule has 1 N–H and O–H groups in total. The topological polar surface area (TPSA) is 73.3 Å². The van der Waals surface area contributed by atoms with Gasteiger partial charge in [0.25, 0.3) is 0 Å². The number of aromatic nitrogens is 2. The third-order valence-electron chi connectivity index (χ3n) is 3.28. The van der Waals surface area contributed by atoms with Crippen LogP contribution in [0.3, 0.4) is 0 Å². The molecule has 3 aromatic rings. The molecule has 6 nitrogen and oxygen atoms in total. The molecule has 0 aliphatic heterocycles. The number of hydrogen-bond donors (Lipinski definition) is 1. The normalized spacial score (nSPS) is 10.2. The predicted molar refractivity (Wildman–Crippen MR) is 98.7 cm³/mol. The van der Waals surface area contributed by atoms with Gasteiger partial charge < -0.3 is 14.8 Å². The van der Waals surface area contributed by atoms with Crippen molar-refractivity contribution in [2.75, 3.05) is 11.9 Å². The minimum absolute atomic E-state index is 0.146. The Kier molecular flexibility index (Phi) is 6.01. The first-order valence-electron chi connectivity index (χ1n) is 7.92. The van der Waals surface area contributed by atoms with Crippen LogP contribution >= 0.6 is 11.6 Å². The Hall–Kier alpha value is -3.12. The second kappa shape index (κ2) is 8.82. The summed E-state index contributed by atoms with van der Waals surface area (Å²) in [6.07, 6.45) is 3.42. The number of carbonyl (C=O) groups excluding carboxylic acids is 1. The molecule has 0 saturated heterocycles. The number of benzene rings is 2. The van der Waals surface area contributed by atoms with Crippen molar-refractivity contribution >= 4 is 23.2 Å². The molecule has 0 aliphatic carbocycles. The molecule has 7 heteroatoms. The van der Waals surface area contributed by atoms with E-state index < -0.39 is 0 Å². The lowest BCUT2D eigenvalue weighted by Gasteiger charge is -2.08. The quantitative estimate of drug-likeness (QED) is 0.671. The van der Waals surface area contributed by atoms with Crippen molar-refractivity contribution < 1.29 is 14.3 Å². The molecular weight excluding hydrogens is 354 g/mol. The van der Waals surface area contributed by atoms with Crippen LogP contribution in [-0.4, -0.2) is 22.5 Å². The van der Waals surface area contributed by atoms with Gasteiger partial charge in [-0.2, -0.15) is 0 Å². The Morgan fingerprint density at radius 2 is 1.77 bits per heavy atom. The van der Waals surface area contributed by atoms with Gasteiger partial charge in [0.05, 0.1) is 13.0 Å². The van der Waals surface area contributed by atoms with Gasteiger partial charge in [0, 0.05) is 23.1 Å². The van der Waals surface area contributed by atoms with Crippen LogP contribution in [0.5, 0.6) is 17.5 Å². The Labute approximate surface area is 155 Å².